The smallest absolute Gasteiger partial charge is 0.0931 e. The Morgan fingerprint density at radius 2 is 2.17 bits per heavy atom. The summed E-state index contributed by atoms with van der Waals surface area (Å²) in [5.74, 6) is 0.918. The Morgan fingerprint density at radius 3 is 2.78 bits per heavy atom. The maximum atomic E-state index is 5.96. The minimum Gasteiger partial charge on any atom is -0.308 e. The second-order valence-electron chi connectivity index (χ2n) is 5.34. The molecule has 1 aromatic rings. The molecule has 0 saturated carbocycles. The van der Waals surface area contributed by atoms with E-state index in [1.54, 1.807) is 11.3 Å². The molecule has 0 spiro atoms. The highest BCUT2D eigenvalue weighted by Crippen LogP contribution is 2.26. The fourth-order valence-corrected chi connectivity index (χ4v) is 3.47. The lowest BCUT2D eigenvalue weighted by molar-refractivity contribution is 0.191. The van der Waals surface area contributed by atoms with E-state index in [4.69, 9.17) is 11.6 Å². The summed E-state index contributed by atoms with van der Waals surface area (Å²) in [7, 11) is 0. The third kappa shape index (κ3) is 4.23. The lowest BCUT2D eigenvalue weighted by atomic mass is 9.99. The number of likely N-dealkylation sites (tertiary alicyclic amines) is 1. The van der Waals surface area contributed by atoms with Gasteiger partial charge in [0.15, 0.2) is 0 Å². The Hall–Kier alpha value is -0.0900. The number of hydrogen-bond donors (Lipinski definition) is 1. The van der Waals surface area contributed by atoms with E-state index in [0.29, 0.717) is 6.04 Å². The SMILES string of the molecule is CC1CCN(CCNC(C)c2ccc(Cl)s2)CC1. The molecule has 0 amide bonds. The average Bonchev–Trinajstić information content (AvgIpc) is 2.78. The minimum atomic E-state index is 0.409. The Bertz CT molecular complexity index is 358. The van der Waals surface area contributed by atoms with Crippen molar-refractivity contribution in [1.29, 1.82) is 0 Å². The monoisotopic (exact) mass is 286 g/mol. The average molecular weight is 287 g/mol. The van der Waals surface area contributed by atoms with E-state index in [0.717, 1.165) is 23.3 Å². The predicted molar refractivity (Wildman–Crippen MR) is 80.6 cm³/mol. The zero-order valence-electron chi connectivity index (χ0n) is 11.3. The zero-order valence-corrected chi connectivity index (χ0v) is 12.9. The van der Waals surface area contributed by atoms with Crippen molar-refractivity contribution >= 4 is 22.9 Å². The molecule has 4 heteroatoms. The van der Waals surface area contributed by atoms with Crippen LogP contribution in [0.5, 0.6) is 0 Å². The number of nitrogens with zero attached hydrogens (tertiary/aromatic N) is 1. The van der Waals surface area contributed by atoms with Gasteiger partial charge in [0.1, 0.15) is 0 Å². The first-order valence-corrected chi connectivity index (χ1v) is 8.05. The van der Waals surface area contributed by atoms with Crippen molar-refractivity contribution in [3.8, 4) is 0 Å². The summed E-state index contributed by atoms with van der Waals surface area (Å²) >= 11 is 7.63. The van der Waals surface area contributed by atoms with Gasteiger partial charge in [-0.2, -0.15) is 0 Å². The highest BCUT2D eigenvalue weighted by molar-refractivity contribution is 7.16. The molecule has 102 valence electrons. The predicted octanol–water partition coefficient (Wildman–Crippen LogP) is 3.78. The van der Waals surface area contributed by atoms with Crippen LogP contribution in [0.25, 0.3) is 0 Å². The van der Waals surface area contributed by atoms with Crippen molar-refractivity contribution < 1.29 is 0 Å². The van der Waals surface area contributed by atoms with E-state index >= 15 is 0 Å². The summed E-state index contributed by atoms with van der Waals surface area (Å²) in [6, 6.07) is 4.50. The number of rotatable bonds is 5. The van der Waals surface area contributed by atoms with Crippen molar-refractivity contribution in [2.45, 2.75) is 32.7 Å². The highest BCUT2D eigenvalue weighted by Gasteiger charge is 2.15. The van der Waals surface area contributed by atoms with Crippen LogP contribution >= 0.6 is 22.9 Å². The molecule has 1 aliphatic heterocycles. The van der Waals surface area contributed by atoms with Crippen molar-refractivity contribution in [3.05, 3.63) is 21.3 Å². The fourth-order valence-electron chi connectivity index (χ4n) is 2.39. The molecule has 0 aliphatic carbocycles. The Kier molecular flexibility index (Phi) is 5.49. The van der Waals surface area contributed by atoms with Crippen LogP contribution in [0.1, 0.15) is 37.6 Å². The fraction of sp³-hybridized carbons (Fsp3) is 0.714. The van der Waals surface area contributed by atoms with Crippen molar-refractivity contribution in [1.82, 2.24) is 10.2 Å². The molecule has 0 bridgehead atoms. The van der Waals surface area contributed by atoms with Crippen LogP contribution in [-0.2, 0) is 0 Å². The molecular weight excluding hydrogens is 264 g/mol. The molecule has 2 heterocycles. The van der Waals surface area contributed by atoms with Crippen LogP contribution in [0.3, 0.4) is 0 Å². The minimum absolute atomic E-state index is 0.409. The molecule has 1 N–H and O–H groups in total. The van der Waals surface area contributed by atoms with Crippen molar-refractivity contribution in [2.75, 3.05) is 26.2 Å². The number of nitrogens with one attached hydrogen (secondary N) is 1. The first-order valence-electron chi connectivity index (χ1n) is 6.86. The van der Waals surface area contributed by atoms with Gasteiger partial charge in [-0.1, -0.05) is 18.5 Å². The van der Waals surface area contributed by atoms with Gasteiger partial charge in [0, 0.05) is 24.0 Å². The lowest BCUT2D eigenvalue weighted by Gasteiger charge is -2.30. The standard InChI is InChI=1S/C14H23ClN2S/c1-11-5-8-17(9-6-11)10-7-16-12(2)13-3-4-14(15)18-13/h3-4,11-12,16H,5-10H2,1-2H3. The molecule has 2 rings (SSSR count). The molecule has 1 aliphatic rings. The quantitative estimate of drug-likeness (QED) is 0.886. The maximum absolute atomic E-state index is 5.96. The van der Waals surface area contributed by atoms with E-state index in [-0.39, 0.29) is 0 Å². The van der Waals surface area contributed by atoms with Gasteiger partial charge in [-0.25, -0.2) is 0 Å². The number of halogens is 1. The van der Waals surface area contributed by atoms with Gasteiger partial charge in [-0.3, -0.25) is 0 Å². The van der Waals surface area contributed by atoms with Crippen LogP contribution < -0.4 is 5.32 Å². The third-order valence-electron chi connectivity index (χ3n) is 3.78. The van der Waals surface area contributed by atoms with Crippen LogP contribution in [0.2, 0.25) is 4.34 Å². The summed E-state index contributed by atoms with van der Waals surface area (Å²) in [4.78, 5) is 3.90. The van der Waals surface area contributed by atoms with E-state index in [1.165, 1.54) is 30.8 Å². The van der Waals surface area contributed by atoms with E-state index < -0.39 is 0 Å². The van der Waals surface area contributed by atoms with Gasteiger partial charge in [0.25, 0.3) is 0 Å². The molecular formula is C14H23ClN2S. The summed E-state index contributed by atoms with van der Waals surface area (Å²) in [6.45, 7) is 9.32. The van der Waals surface area contributed by atoms with Crippen LogP contribution in [0.15, 0.2) is 12.1 Å². The number of hydrogen-bond acceptors (Lipinski definition) is 3. The van der Waals surface area contributed by atoms with E-state index in [9.17, 15) is 0 Å². The summed E-state index contributed by atoms with van der Waals surface area (Å²) in [5, 5.41) is 3.58. The molecule has 2 nitrogen and oxygen atoms in total. The molecule has 0 aromatic carbocycles. The van der Waals surface area contributed by atoms with Crippen molar-refractivity contribution in [2.24, 2.45) is 5.92 Å². The largest absolute Gasteiger partial charge is 0.308 e. The van der Waals surface area contributed by atoms with Crippen LogP contribution in [0.4, 0.5) is 0 Å². The van der Waals surface area contributed by atoms with Gasteiger partial charge >= 0.3 is 0 Å². The maximum Gasteiger partial charge on any atom is 0.0931 e. The molecule has 1 aromatic heterocycles. The van der Waals surface area contributed by atoms with Crippen LogP contribution in [0, 0.1) is 5.92 Å². The summed E-state index contributed by atoms with van der Waals surface area (Å²) in [5.41, 5.74) is 0. The molecule has 1 unspecified atom stereocenters. The summed E-state index contributed by atoms with van der Waals surface area (Å²) < 4.78 is 0.878. The molecule has 1 fully saturated rings. The lowest BCUT2D eigenvalue weighted by Crippen LogP contribution is -2.38. The second kappa shape index (κ2) is 6.90. The molecule has 18 heavy (non-hydrogen) atoms. The Balaban J connectivity index is 1.66. The van der Waals surface area contributed by atoms with Gasteiger partial charge in [0.2, 0.25) is 0 Å². The van der Waals surface area contributed by atoms with Gasteiger partial charge in [0.05, 0.1) is 4.34 Å². The van der Waals surface area contributed by atoms with Gasteiger partial charge in [-0.15, -0.1) is 11.3 Å². The number of piperidine rings is 1. The topological polar surface area (TPSA) is 15.3 Å². The molecule has 1 saturated heterocycles. The zero-order chi connectivity index (χ0) is 13.0. The van der Waals surface area contributed by atoms with Gasteiger partial charge in [-0.05, 0) is 50.9 Å². The van der Waals surface area contributed by atoms with E-state index in [1.807, 2.05) is 6.07 Å². The van der Waals surface area contributed by atoms with Crippen LogP contribution in [-0.4, -0.2) is 31.1 Å². The first kappa shape index (κ1) is 14.3. The molecule has 0 radical (unpaired) electrons. The second-order valence-corrected chi connectivity index (χ2v) is 7.09. The first-order chi connectivity index (χ1) is 8.65. The van der Waals surface area contributed by atoms with E-state index in [2.05, 4.69) is 30.1 Å². The number of thiophene rings is 1. The van der Waals surface area contributed by atoms with Crippen molar-refractivity contribution in [3.63, 3.8) is 0 Å². The Labute approximate surface area is 119 Å². The van der Waals surface area contributed by atoms with Gasteiger partial charge < -0.3 is 10.2 Å². The normalized spacial score (nSPS) is 20.2. The third-order valence-corrected chi connectivity index (χ3v) is 5.19. The highest BCUT2D eigenvalue weighted by atomic mass is 35.5. The molecule has 1 atom stereocenters. The summed E-state index contributed by atoms with van der Waals surface area (Å²) in [6.07, 6.45) is 2.71. The Morgan fingerprint density at radius 1 is 1.44 bits per heavy atom.